The standard InChI is InChI=1S/C11H24N2O/c1-2-12-11(10-14)9-13-7-5-3-4-6-8-13/h11-12,14H,2-10H2,1H3. The van der Waals surface area contributed by atoms with Crippen LogP contribution < -0.4 is 5.32 Å². The Bertz CT molecular complexity index is 133. The smallest absolute Gasteiger partial charge is 0.0597 e. The lowest BCUT2D eigenvalue weighted by atomic mass is 10.2. The first-order chi connectivity index (χ1) is 6.86. The van der Waals surface area contributed by atoms with E-state index >= 15 is 0 Å². The molecule has 3 heteroatoms. The molecule has 0 bridgehead atoms. The lowest BCUT2D eigenvalue weighted by Gasteiger charge is -2.25. The van der Waals surface area contributed by atoms with Crippen molar-refractivity contribution in [3.05, 3.63) is 0 Å². The molecule has 0 spiro atoms. The van der Waals surface area contributed by atoms with Crippen molar-refractivity contribution in [3.8, 4) is 0 Å². The Balaban J connectivity index is 2.24. The van der Waals surface area contributed by atoms with Gasteiger partial charge in [-0.05, 0) is 32.5 Å². The number of hydrogen-bond donors (Lipinski definition) is 2. The Morgan fingerprint density at radius 2 is 1.86 bits per heavy atom. The van der Waals surface area contributed by atoms with E-state index in [0.29, 0.717) is 0 Å². The number of likely N-dealkylation sites (N-methyl/N-ethyl adjacent to an activating group) is 1. The molecule has 0 aromatic carbocycles. The molecular formula is C11H24N2O. The minimum Gasteiger partial charge on any atom is -0.395 e. The van der Waals surface area contributed by atoms with Crippen LogP contribution in [0.25, 0.3) is 0 Å². The fraction of sp³-hybridized carbons (Fsp3) is 1.00. The highest BCUT2D eigenvalue weighted by Gasteiger charge is 2.13. The van der Waals surface area contributed by atoms with Crippen molar-refractivity contribution in [3.63, 3.8) is 0 Å². The van der Waals surface area contributed by atoms with Crippen molar-refractivity contribution in [1.29, 1.82) is 0 Å². The first-order valence-corrected chi connectivity index (χ1v) is 5.93. The maximum atomic E-state index is 9.17. The topological polar surface area (TPSA) is 35.5 Å². The van der Waals surface area contributed by atoms with Crippen LogP contribution >= 0.6 is 0 Å². The van der Waals surface area contributed by atoms with E-state index in [-0.39, 0.29) is 12.6 Å². The van der Waals surface area contributed by atoms with Gasteiger partial charge in [-0.25, -0.2) is 0 Å². The summed E-state index contributed by atoms with van der Waals surface area (Å²) in [6.07, 6.45) is 5.40. The van der Waals surface area contributed by atoms with Gasteiger partial charge in [0.1, 0.15) is 0 Å². The maximum Gasteiger partial charge on any atom is 0.0597 e. The predicted octanol–water partition coefficient (Wildman–Crippen LogP) is 0.833. The SMILES string of the molecule is CCNC(CO)CN1CCCCCC1. The molecule has 3 nitrogen and oxygen atoms in total. The van der Waals surface area contributed by atoms with Gasteiger partial charge in [-0.15, -0.1) is 0 Å². The second-order valence-electron chi connectivity index (χ2n) is 4.15. The molecule has 1 heterocycles. The zero-order valence-corrected chi connectivity index (χ0v) is 9.34. The Morgan fingerprint density at radius 1 is 1.21 bits per heavy atom. The summed E-state index contributed by atoms with van der Waals surface area (Å²) in [5.41, 5.74) is 0. The molecule has 1 saturated heterocycles. The van der Waals surface area contributed by atoms with E-state index in [2.05, 4.69) is 17.1 Å². The fourth-order valence-electron chi connectivity index (χ4n) is 2.11. The van der Waals surface area contributed by atoms with E-state index in [1.807, 2.05) is 0 Å². The van der Waals surface area contributed by atoms with Crippen LogP contribution in [0.2, 0.25) is 0 Å². The number of hydrogen-bond acceptors (Lipinski definition) is 3. The summed E-state index contributed by atoms with van der Waals surface area (Å²) in [5.74, 6) is 0. The maximum absolute atomic E-state index is 9.17. The van der Waals surface area contributed by atoms with Crippen LogP contribution in [0.5, 0.6) is 0 Å². The quantitative estimate of drug-likeness (QED) is 0.690. The molecule has 1 fully saturated rings. The number of likely N-dealkylation sites (tertiary alicyclic amines) is 1. The molecule has 0 aromatic rings. The molecule has 2 N–H and O–H groups in total. The van der Waals surface area contributed by atoms with Crippen LogP contribution in [-0.4, -0.2) is 48.8 Å². The Labute approximate surface area is 87.5 Å². The highest BCUT2D eigenvalue weighted by molar-refractivity contribution is 4.72. The predicted molar refractivity (Wildman–Crippen MR) is 59.5 cm³/mol. The number of rotatable bonds is 5. The molecule has 1 unspecified atom stereocenters. The normalized spacial score (nSPS) is 21.9. The highest BCUT2D eigenvalue weighted by atomic mass is 16.3. The molecule has 1 aliphatic heterocycles. The van der Waals surface area contributed by atoms with Gasteiger partial charge in [-0.3, -0.25) is 0 Å². The number of nitrogens with zero attached hydrogens (tertiary/aromatic N) is 1. The molecule has 1 aliphatic rings. The third kappa shape index (κ3) is 4.40. The van der Waals surface area contributed by atoms with Gasteiger partial charge in [0.15, 0.2) is 0 Å². The van der Waals surface area contributed by atoms with Crippen LogP contribution in [-0.2, 0) is 0 Å². The summed E-state index contributed by atoms with van der Waals surface area (Å²) in [6, 6.07) is 0.262. The summed E-state index contributed by atoms with van der Waals surface area (Å²) >= 11 is 0. The summed E-state index contributed by atoms with van der Waals surface area (Å²) in [5, 5.41) is 12.5. The Kier molecular flexibility index (Phi) is 6.15. The molecular weight excluding hydrogens is 176 g/mol. The van der Waals surface area contributed by atoms with Gasteiger partial charge in [-0.1, -0.05) is 19.8 Å². The average molecular weight is 200 g/mol. The molecule has 0 radical (unpaired) electrons. The average Bonchev–Trinajstić information content (AvgIpc) is 2.45. The fourth-order valence-corrected chi connectivity index (χ4v) is 2.11. The number of aliphatic hydroxyl groups is 1. The van der Waals surface area contributed by atoms with Gasteiger partial charge in [-0.2, -0.15) is 0 Å². The van der Waals surface area contributed by atoms with Gasteiger partial charge in [0.25, 0.3) is 0 Å². The van der Waals surface area contributed by atoms with Crippen LogP contribution in [0.15, 0.2) is 0 Å². The van der Waals surface area contributed by atoms with Crippen LogP contribution in [0.4, 0.5) is 0 Å². The number of aliphatic hydroxyl groups excluding tert-OH is 1. The van der Waals surface area contributed by atoms with Gasteiger partial charge in [0.2, 0.25) is 0 Å². The van der Waals surface area contributed by atoms with E-state index in [1.165, 1.54) is 38.8 Å². The molecule has 0 aliphatic carbocycles. The minimum atomic E-state index is 0.254. The molecule has 0 aromatic heterocycles. The van der Waals surface area contributed by atoms with Gasteiger partial charge < -0.3 is 15.3 Å². The second-order valence-corrected chi connectivity index (χ2v) is 4.15. The van der Waals surface area contributed by atoms with Crippen molar-refractivity contribution < 1.29 is 5.11 Å². The van der Waals surface area contributed by atoms with E-state index in [9.17, 15) is 0 Å². The molecule has 1 atom stereocenters. The molecule has 84 valence electrons. The monoisotopic (exact) mass is 200 g/mol. The zero-order valence-electron chi connectivity index (χ0n) is 9.34. The van der Waals surface area contributed by atoms with E-state index in [1.54, 1.807) is 0 Å². The van der Waals surface area contributed by atoms with Gasteiger partial charge in [0, 0.05) is 12.6 Å². The van der Waals surface area contributed by atoms with E-state index < -0.39 is 0 Å². The summed E-state index contributed by atoms with van der Waals surface area (Å²) in [7, 11) is 0. The number of nitrogens with one attached hydrogen (secondary N) is 1. The second kappa shape index (κ2) is 7.21. The largest absolute Gasteiger partial charge is 0.395 e. The first-order valence-electron chi connectivity index (χ1n) is 5.93. The highest BCUT2D eigenvalue weighted by Crippen LogP contribution is 2.09. The summed E-state index contributed by atoms with van der Waals surface area (Å²) in [4.78, 5) is 2.48. The zero-order chi connectivity index (χ0) is 10.2. The summed E-state index contributed by atoms with van der Waals surface area (Å²) in [6.45, 7) is 6.71. The lowest BCUT2D eigenvalue weighted by molar-refractivity contribution is 0.185. The van der Waals surface area contributed by atoms with Gasteiger partial charge >= 0.3 is 0 Å². The summed E-state index contributed by atoms with van der Waals surface area (Å²) < 4.78 is 0. The minimum absolute atomic E-state index is 0.254. The van der Waals surface area contributed by atoms with Crippen molar-refractivity contribution >= 4 is 0 Å². The van der Waals surface area contributed by atoms with E-state index in [4.69, 9.17) is 5.11 Å². The van der Waals surface area contributed by atoms with Crippen LogP contribution in [0.1, 0.15) is 32.6 Å². The molecule has 14 heavy (non-hydrogen) atoms. The van der Waals surface area contributed by atoms with Crippen LogP contribution in [0, 0.1) is 0 Å². The Hall–Kier alpha value is -0.120. The van der Waals surface area contributed by atoms with Crippen molar-refractivity contribution in [2.75, 3.05) is 32.8 Å². The molecule has 0 amide bonds. The molecule has 0 saturated carbocycles. The third-order valence-electron chi connectivity index (χ3n) is 2.89. The Morgan fingerprint density at radius 3 is 2.36 bits per heavy atom. The van der Waals surface area contributed by atoms with Crippen molar-refractivity contribution in [1.82, 2.24) is 10.2 Å². The van der Waals surface area contributed by atoms with Gasteiger partial charge in [0.05, 0.1) is 6.61 Å². The van der Waals surface area contributed by atoms with Crippen molar-refractivity contribution in [2.24, 2.45) is 0 Å². The third-order valence-corrected chi connectivity index (χ3v) is 2.89. The first kappa shape index (κ1) is 12.0. The lowest BCUT2D eigenvalue weighted by Crippen LogP contribution is -2.43. The van der Waals surface area contributed by atoms with Crippen LogP contribution in [0.3, 0.4) is 0 Å². The van der Waals surface area contributed by atoms with Crippen molar-refractivity contribution in [2.45, 2.75) is 38.6 Å². The molecule has 1 rings (SSSR count). The van der Waals surface area contributed by atoms with E-state index in [0.717, 1.165) is 13.1 Å².